The molecule has 0 aliphatic carbocycles. The second kappa shape index (κ2) is 4.04. The monoisotopic (exact) mass is 238 g/mol. The third kappa shape index (κ3) is 1.66. The molecule has 1 N–H and O–H groups in total. The van der Waals surface area contributed by atoms with Crippen molar-refractivity contribution < 1.29 is 14.3 Å². The quantitative estimate of drug-likeness (QED) is 0.738. The Labute approximate surface area is 103 Å². The molecule has 3 aromatic rings. The van der Waals surface area contributed by atoms with Crippen LogP contribution in [0.3, 0.4) is 0 Å². The van der Waals surface area contributed by atoms with Gasteiger partial charge in [0.15, 0.2) is 0 Å². The third-order valence-electron chi connectivity index (χ3n) is 2.92. The van der Waals surface area contributed by atoms with Crippen LogP contribution < -0.4 is 0 Å². The second-order valence-corrected chi connectivity index (χ2v) is 4.02. The van der Waals surface area contributed by atoms with Gasteiger partial charge in [0.05, 0.1) is 11.8 Å². The van der Waals surface area contributed by atoms with Crippen molar-refractivity contribution in [3.8, 4) is 11.1 Å². The number of fused-ring (bicyclic) bond motifs is 1. The highest BCUT2D eigenvalue weighted by Crippen LogP contribution is 2.27. The molecule has 18 heavy (non-hydrogen) atoms. The number of hydrogen-bond donors (Lipinski definition) is 1. The largest absolute Gasteiger partial charge is 0.478 e. The van der Waals surface area contributed by atoms with E-state index < -0.39 is 5.97 Å². The molecule has 0 bridgehead atoms. The summed E-state index contributed by atoms with van der Waals surface area (Å²) in [6, 6.07) is 14.5. The standard InChI is InChI=1S/C15H10O3/c16-15(17)13-4-2-1-3-12(13)10-5-6-14-11(9-10)7-8-18-14/h1-9H,(H,16,17). The van der Waals surface area contributed by atoms with Gasteiger partial charge in [-0.2, -0.15) is 0 Å². The average molecular weight is 238 g/mol. The van der Waals surface area contributed by atoms with Gasteiger partial charge in [-0.05, 0) is 35.4 Å². The summed E-state index contributed by atoms with van der Waals surface area (Å²) in [5.41, 5.74) is 2.70. The van der Waals surface area contributed by atoms with Crippen LogP contribution in [-0.4, -0.2) is 11.1 Å². The second-order valence-electron chi connectivity index (χ2n) is 4.02. The van der Waals surface area contributed by atoms with Gasteiger partial charge in [0, 0.05) is 5.39 Å². The van der Waals surface area contributed by atoms with E-state index in [1.54, 1.807) is 18.4 Å². The predicted molar refractivity (Wildman–Crippen MR) is 68.6 cm³/mol. The molecule has 2 aromatic carbocycles. The first-order valence-corrected chi connectivity index (χ1v) is 5.55. The summed E-state index contributed by atoms with van der Waals surface area (Å²) in [5.74, 6) is -0.919. The van der Waals surface area contributed by atoms with Crippen molar-refractivity contribution in [2.24, 2.45) is 0 Å². The highest BCUT2D eigenvalue weighted by atomic mass is 16.4. The van der Waals surface area contributed by atoms with Gasteiger partial charge in [0.2, 0.25) is 0 Å². The van der Waals surface area contributed by atoms with Crippen molar-refractivity contribution in [2.45, 2.75) is 0 Å². The van der Waals surface area contributed by atoms with Crippen LogP contribution in [0.2, 0.25) is 0 Å². The minimum Gasteiger partial charge on any atom is -0.478 e. The Kier molecular flexibility index (Phi) is 2.38. The van der Waals surface area contributed by atoms with Crippen molar-refractivity contribution in [3.63, 3.8) is 0 Å². The van der Waals surface area contributed by atoms with E-state index in [9.17, 15) is 9.90 Å². The molecule has 0 amide bonds. The molecule has 88 valence electrons. The van der Waals surface area contributed by atoms with Crippen LogP contribution in [0.15, 0.2) is 59.2 Å². The number of rotatable bonds is 2. The molecule has 0 radical (unpaired) electrons. The summed E-state index contributed by atoms with van der Waals surface area (Å²) in [6.07, 6.45) is 1.62. The maximum atomic E-state index is 11.2. The average Bonchev–Trinajstić information content (AvgIpc) is 2.85. The minimum absolute atomic E-state index is 0.306. The lowest BCUT2D eigenvalue weighted by molar-refractivity contribution is 0.0697. The predicted octanol–water partition coefficient (Wildman–Crippen LogP) is 3.80. The van der Waals surface area contributed by atoms with Crippen molar-refractivity contribution >= 4 is 16.9 Å². The summed E-state index contributed by atoms with van der Waals surface area (Å²) in [6.45, 7) is 0. The SMILES string of the molecule is O=C(O)c1ccccc1-c1ccc2occc2c1. The van der Waals surface area contributed by atoms with Gasteiger partial charge in [-0.15, -0.1) is 0 Å². The normalized spacial score (nSPS) is 10.7. The van der Waals surface area contributed by atoms with Crippen LogP contribution in [0.4, 0.5) is 0 Å². The number of carboxylic acids is 1. The van der Waals surface area contributed by atoms with E-state index in [1.807, 2.05) is 36.4 Å². The van der Waals surface area contributed by atoms with Crippen LogP contribution in [-0.2, 0) is 0 Å². The summed E-state index contributed by atoms with van der Waals surface area (Å²) in [7, 11) is 0. The van der Waals surface area contributed by atoms with Gasteiger partial charge in [-0.25, -0.2) is 4.79 Å². The third-order valence-corrected chi connectivity index (χ3v) is 2.92. The van der Waals surface area contributed by atoms with Crippen LogP contribution in [0, 0.1) is 0 Å². The zero-order chi connectivity index (χ0) is 12.5. The molecule has 0 fully saturated rings. The number of benzene rings is 2. The molecule has 0 aliphatic rings. The van der Waals surface area contributed by atoms with E-state index in [2.05, 4.69) is 0 Å². The first-order valence-electron chi connectivity index (χ1n) is 5.55. The fourth-order valence-corrected chi connectivity index (χ4v) is 2.06. The topological polar surface area (TPSA) is 50.4 Å². The fourth-order valence-electron chi connectivity index (χ4n) is 2.06. The smallest absolute Gasteiger partial charge is 0.336 e. The van der Waals surface area contributed by atoms with Gasteiger partial charge in [-0.3, -0.25) is 0 Å². The molecule has 3 heteroatoms. The van der Waals surface area contributed by atoms with E-state index in [-0.39, 0.29) is 0 Å². The number of furan rings is 1. The van der Waals surface area contributed by atoms with E-state index in [0.717, 1.165) is 16.5 Å². The number of aromatic carboxylic acids is 1. The molecule has 3 nitrogen and oxygen atoms in total. The number of carbonyl (C=O) groups is 1. The Morgan fingerprint density at radius 2 is 1.89 bits per heavy atom. The molecule has 0 saturated heterocycles. The molecule has 3 rings (SSSR count). The first kappa shape index (κ1) is 10.6. The molecular weight excluding hydrogens is 228 g/mol. The van der Waals surface area contributed by atoms with E-state index in [0.29, 0.717) is 11.1 Å². The Morgan fingerprint density at radius 1 is 1.06 bits per heavy atom. The van der Waals surface area contributed by atoms with Crippen molar-refractivity contribution in [1.29, 1.82) is 0 Å². The van der Waals surface area contributed by atoms with E-state index in [4.69, 9.17) is 4.42 Å². The lowest BCUT2D eigenvalue weighted by Gasteiger charge is -2.05. The van der Waals surface area contributed by atoms with Gasteiger partial charge in [0.1, 0.15) is 5.58 Å². The minimum atomic E-state index is -0.919. The maximum absolute atomic E-state index is 11.2. The van der Waals surface area contributed by atoms with E-state index >= 15 is 0 Å². The summed E-state index contributed by atoms with van der Waals surface area (Å²) in [5, 5.41) is 10.1. The van der Waals surface area contributed by atoms with Crippen molar-refractivity contribution in [2.75, 3.05) is 0 Å². The summed E-state index contributed by atoms with van der Waals surface area (Å²) < 4.78 is 5.27. The highest BCUT2D eigenvalue weighted by molar-refractivity contribution is 5.97. The Hall–Kier alpha value is -2.55. The number of carboxylic acid groups (broad SMARTS) is 1. The van der Waals surface area contributed by atoms with Crippen molar-refractivity contribution in [3.05, 3.63) is 60.4 Å². The Morgan fingerprint density at radius 3 is 2.72 bits per heavy atom. The van der Waals surface area contributed by atoms with Crippen LogP contribution in [0.5, 0.6) is 0 Å². The molecule has 1 aromatic heterocycles. The molecule has 0 spiro atoms. The Balaban J connectivity index is 2.22. The van der Waals surface area contributed by atoms with E-state index in [1.165, 1.54) is 0 Å². The number of hydrogen-bond acceptors (Lipinski definition) is 2. The van der Waals surface area contributed by atoms with Crippen molar-refractivity contribution in [1.82, 2.24) is 0 Å². The molecule has 1 heterocycles. The zero-order valence-corrected chi connectivity index (χ0v) is 9.46. The van der Waals surface area contributed by atoms with Gasteiger partial charge < -0.3 is 9.52 Å². The molecule has 0 aliphatic heterocycles. The van der Waals surface area contributed by atoms with Gasteiger partial charge >= 0.3 is 5.97 Å². The van der Waals surface area contributed by atoms with Crippen LogP contribution >= 0.6 is 0 Å². The fraction of sp³-hybridized carbons (Fsp3) is 0. The summed E-state index contributed by atoms with van der Waals surface area (Å²) >= 11 is 0. The highest BCUT2D eigenvalue weighted by Gasteiger charge is 2.11. The van der Waals surface area contributed by atoms with Gasteiger partial charge in [0.25, 0.3) is 0 Å². The summed E-state index contributed by atoms with van der Waals surface area (Å²) in [4.78, 5) is 11.2. The molecule has 0 unspecified atom stereocenters. The molecule has 0 atom stereocenters. The lowest BCUT2D eigenvalue weighted by Crippen LogP contribution is -1.98. The van der Waals surface area contributed by atoms with Crippen LogP contribution in [0.1, 0.15) is 10.4 Å². The van der Waals surface area contributed by atoms with Gasteiger partial charge in [-0.1, -0.05) is 24.3 Å². The van der Waals surface area contributed by atoms with Crippen LogP contribution in [0.25, 0.3) is 22.1 Å². The Bertz CT molecular complexity index is 725. The molecular formula is C15H10O3. The maximum Gasteiger partial charge on any atom is 0.336 e. The molecule has 0 saturated carbocycles. The zero-order valence-electron chi connectivity index (χ0n) is 9.46. The first-order chi connectivity index (χ1) is 8.75. The lowest BCUT2D eigenvalue weighted by atomic mass is 9.99.